The minimum absolute atomic E-state index is 0.651. The summed E-state index contributed by atoms with van der Waals surface area (Å²) in [5.74, 6) is 17.6. The molecule has 422 valence electrons. The SMILES string of the molecule is C1CCCC2CCCCC3CCCCC4CCCC5CCCC6CCCC7CCCC8C9CC%10CC%11CC%12CC%13C%14CCCC%15CCCC(CCC1)C6(CCCC5CCCC24CCC3)CCCC%157CCCC%148C%139CC%11%12%10. The van der Waals surface area contributed by atoms with E-state index in [1.807, 2.05) is 0 Å². The van der Waals surface area contributed by atoms with Crippen LogP contribution >= 0.6 is 0 Å². The Labute approximate surface area is 465 Å². The average Bonchev–Trinajstić information content (AvgIpc) is 3.41. The first-order valence-corrected chi connectivity index (χ1v) is 37.0. The van der Waals surface area contributed by atoms with Gasteiger partial charge in [0.2, 0.25) is 0 Å². The molecular weight excluding hydrogens is 901 g/mol. The maximum atomic E-state index is 1.78. The molecule has 6 spiro atoms. The molecule has 22 atom stereocenters. The van der Waals surface area contributed by atoms with E-state index in [-0.39, 0.29) is 0 Å². The van der Waals surface area contributed by atoms with Gasteiger partial charge in [0, 0.05) is 0 Å². The van der Waals surface area contributed by atoms with E-state index in [0.29, 0.717) is 16.2 Å². The zero-order valence-electron chi connectivity index (χ0n) is 49.7. The van der Waals surface area contributed by atoms with Crippen molar-refractivity contribution in [3.8, 4) is 0 Å². The van der Waals surface area contributed by atoms with Crippen LogP contribution in [0.5, 0.6) is 0 Å². The molecule has 8 bridgehead atoms. The molecule has 0 nitrogen and oxygen atoms in total. The lowest BCUT2D eigenvalue weighted by Gasteiger charge is -2.94. The van der Waals surface area contributed by atoms with Crippen LogP contribution in [0.15, 0.2) is 0 Å². The molecule has 75 heavy (non-hydrogen) atoms. The van der Waals surface area contributed by atoms with Crippen LogP contribution in [0.2, 0.25) is 0 Å². The Kier molecular flexibility index (Phi) is 14.5. The number of hydrogen-bond acceptors (Lipinski definition) is 0. The van der Waals surface area contributed by atoms with E-state index >= 15 is 0 Å². The van der Waals surface area contributed by atoms with Crippen LogP contribution in [-0.2, 0) is 0 Å². The molecule has 0 aromatic rings. The Morgan fingerprint density at radius 1 is 0.200 bits per heavy atom. The quantitative estimate of drug-likeness (QED) is 0.227. The lowest BCUT2D eigenvalue weighted by Crippen LogP contribution is -2.88. The second kappa shape index (κ2) is 21.0. The van der Waals surface area contributed by atoms with Crippen LogP contribution in [0.3, 0.4) is 0 Å². The van der Waals surface area contributed by atoms with Gasteiger partial charge >= 0.3 is 0 Å². The van der Waals surface area contributed by atoms with Gasteiger partial charge in [-0.15, -0.1) is 0 Å². The molecule has 0 radical (unpaired) electrons. The van der Waals surface area contributed by atoms with Crippen molar-refractivity contribution in [3.05, 3.63) is 0 Å². The molecule has 0 heterocycles. The van der Waals surface area contributed by atoms with E-state index in [1.54, 1.807) is 340 Å². The molecule has 22 unspecified atom stereocenters. The number of hydrogen-bond donors (Lipinski definition) is 0. The summed E-state index contributed by atoms with van der Waals surface area (Å²) in [4.78, 5) is 0. The van der Waals surface area contributed by atoms with Crippen molar-refractivity contribution in [2.45, 2.75) is 340 Å². The zero-order chi connectivity index (χ0) is 49.7. The zero-order valence-corrected chi connectivity index (χ0v) is 49.7. The molecular formula is C75H122. The molecule has 15 aliphatic rings. The highest BCUT2D eigenvalue weighted by molar-refractivity contribution is 5.38. The Balaban J connectivity index is 0.724. The minimum Gasteiger partial charge on any atom is -0.0533 e. The van der Waals surface area contributed by atoms with Gasteiger partial charge in [-0.05, 0) is 294 Å². The number of fused-ring (bicyclic) bond motifs is 13. The molecule has 0 heteroatoms. The molecule has 0 aromatic carbocycles. The molecule has 15 saturated carbocycles. The first-order valence-electron chi connectivity index (χ1n) is 37.0. The van der Waals surface area contributed by atoms with Crippen molar-refractivity contribution in [2.75, 3.05) is 0 Å². The predicted molar refractivity (Wildman–Crippen MR) is 315 cm³/mol. The lowest BCUT2D eigenvalue weighted by atomic mass is 9.10. The van der Waals surface area contributed by atoms with Crippen molar-refractivity contribution in [1.82, 2.24) is 0 Å². The Morgan fingerprint density at radius 2 is 0.520 bits per heavy atom. The van der Waals surface area contributed by atoms with Gasteiger partial charge in [0.05, 0.1) is 0 Å². The molecule has 0 N–H and O–H groups in total. The number of rotatable bonds is 0. The Morgan fingerprint density at radius 3 is 0.987 bits per heavy atom. The highest BCUT2D eigenvalue weighted by Gasteiger charge is 2.90. The molecule has 0 aromatic heterocycles. The largest absolute Gasteiger partial charge is 0.0533 e. The van der Waals surface area contributed by atoms with E-state index in [9.17, 15) is 0 Å². The van der Waals surface area contributed by atoms with E-state index in [1.165, 1.54) is 29.6 Å². The average molecular weight is 1020 g/mol. The van der Waals surface area contributed by atoms with E-state index in [4.69, 9.17) is 0 Å². The molecule has 0 amide bonds. The fourth-order valence-corrected chi connectivity index (χ4v) is 30.4. The molecule has 0 aliphatic heterocycles. The van der Waals surface area contributed by atoms with Crippen molar-refractivity contribution in [2.24, 2.45) is 127 Å². The lowest BCUT2D eigenvalue weighted by molar-refractivity contribution is -0.463. The maximum absolute atomic E-state index is 1.78. The third kappa shape index (κ3) is 8.07. The summed E-state index contributed by atoms with van der Waals surface area (Å²) in [5, 5.41) is 0. The second-order valence-electron chi connectivity index (χ2n) is 34.0. The van der Waals surface area contributed by atoms with Gasteiger partial charge in [-0.2, -0.15) is 0 Å². The van der Waals surface area contributed by atoms with E-state index in [0.717, 1.165) is 81.3 Å². The van der Waals surface area contributed by atoms with Gasteiger partial charge in [0.25, 0.3) is 0 Å². The van der Waals surface area contributed by atoms with Gasteiger partial charge in [-0.3, -0.25) is 0 Å². The minimum atomic E-state index is 0.651. The third-order valence-corrected chi connectivity index (χ3v) is 32.9. The fourth-order valence-electron chi connectivity index (χ4n) is 30.4. The maximum Gasteiger partial charge on any atom is -0.0167 e. The third-order valence-electron chi connectivity index (χ3n) is 32.9. The summed E-state index contributed by atoms with van der Waals surface area (Å²) in [7, 11) is 0. The molecule has 15 rings (SSSR count). The van der Waals surface area contributed by atoms with E-state index < -0.39 is 0 Å². The Bertz CT molecular complexity index is 1860. The monoisotopic (exact) mass is 1020 g/mol. The smallest absolute Gasteiger partial charge is 0.0167 e. The first-order chi connectivity index (χ1) is 37.0. The van der Waals surface area contributed by atoms with Crippen molar-refractivity contribution < 1.29 is 0 Å². The van der Waals surface area contributed by atoms with Gasteiger partial charge in [-0.1, -0.05) is 173 Å². The standard InChI is InChI=1S/C75H122/c1-2-4-28-57-30-8-6-21-54-22-7-9-31-59-32-10-24-55-25-11-33-60-35-13-37-62-39-15-41-67-69-52-65-50-63-49-64-51-68-66-40-14-38-61-36-12-34-58(29-5-3-1)71(60,44-18-27-56(55)26-17-43-70(57,59)42-16-23-54)45-19-46-72(61,62)47-20-48-74(66,67)75(68,69)53-73(63,64)65/h54-69H,1-53H2. The van der Waals surface area contributed by atoms with Gasteiger partial charge in [0.1, 0.15) is 0 Å². The second-order valence-corrected chi connectivity index (χ2v) is 34.0. The summed E-state index contributed by atoms with van der Waals surface area (Å²) in [5.41, 5.74) is 4.56. The van der Waals surface area contributed by atoms with Crippen LogP contribution in [0.25, 0.3) is 0 Å². The summed E-state index contributed by atoms with van der Waals surface area (Å²) < 4.78 is 0. The molecule has 15 fully saturated rings. The van der Waals surface area contributed by atoms with Gasteiger partial charge in [0.15, 0.2) is 0 Å². The molecule has 0 saturated heterocycles. The Hall–Kier alpha value is 0. The van der Waals surface area contributed by atoms with Crippen LogP contribution in [0.4, 0.5) is 0 Å². The highest BCUT2D eigenvalue weighted by atomic mass is 14.9. The van der Waals surface area contributed by atoms with Gasteiger partial charge < -0.3 is 0 Å². The summed E-state index contributed by atoms with van der Waals surface area (Å²) in [6, 6.07) is 0. The first kappa shape index (κ1) is 51.8. The van der Waals surface area contributed by atoms with Crippen LogP contribution in [0, 0.1) is 127 Å². The summed E-state index contributed by atoms with van der Waals surface area (Å²) in [6.45, 7) is 0. The van der Waals surface area contributed by atoms with E-state index in [2.05, 4.69) is 0 Å². The van der Waals surface area contributed by atoms with Gasteiger partial charge in [-0.25, -0.2) is 0 Å². The molecule has 15 aliphatic carbocycles. The summed E-state index contributed by atoms with van der Waals surface area (Å²) >= 11 is 0. The summed E-state index contributed by atoms with van der Waals surface area (Å²) in [6.07, 6.45) is 86.2. The van der Waals surface area contributed by atoms with Crippen molar-refractivity contribution in [1.29, 1.82) is 0 Å². The highest BCUT2D eigenvalue weighted by Crippen LogP contribution is 2.96. The van der Waals surface area contributed by atoms with Crippen LogP contribution < -0.4 is 0 Å². The van der Waals surface area contributed by atoms with Crippen LogP contribution in [-0.4, -0.2) is 0 Å². The topological polar surface area (TPSA) is 0 Å². The van der Waals surface area contributed by atoms with Crippen molar-refractivity contribution >= 4 is 0 Å². The van der Waals surface area contributed by atoms with Crippen molar-refractivity contribution in [3.63, 3.8) is 0 Å². The normalized spacial score (nSPS) is 55.4. The fraction of sp³-hybridized carbons (Fsp3) is 1.00. The van der Waals surface area contributed by atoms with Crippen LogP contribution in [0.1, 0.15) is 340 Å². The predicted octanol–water partition coefficient (Wildman–Crippen LogP) is 22.6.